The number of nitrogens with two attached hydrogens (primary N) is 1. The van der Waals surface area contributed by atoms with E-state index in [0.717, 1.165) is 6.26 Å². The van der Waals surface area contributed by atoms with Gasteiger partial charge in [-0.05, 0) is 12.5 Å². The number of sulfone groups is 1. The van der Waals surface area contributed by atoms with E-state index >= 15 is 0 Å². The molecule has 18 heavy (non-hydrogen) atoms. The lowest BCUT2D eigenvalue weighted by Crippen LogP contribution is -2.27. The van der Waals surface area contributed by atoms with E-state index in [1.807, 2.05) is 0 Å². The molecule has 1 amide bonds. The number of hydrogen-bond donors (Lipinski definition) is 2. The molecule has 0 atom stereocenters. The summed E-state index contributed by atoms with van der Waals surface area (Å²) in [6, 6.07) is 1.21. The summed E-state index contributed by atoms with van der Waals surface area (Å²) in [4.78, 5) is 15.1. The van der Waals surface area contributed by atoms with Crippen LogP contribution in [0.15, 0.2) is 12.3 Å². The summed E-state index contributed by atoms with van der Waals surface area (Å²) >= 11 is 0. The van der Waals surface area contributed by atoms with Gasteiger partial charge in [-0.15, -0.1) is 0 Å². The van der Waals surface area contributed by atoms with Gasteiger partial charge in [0.1, 0.15) is 9.84 Å². The Kier molecular flexibility index (Phi) is 4.60. The van der Waals surface area contributed by atoms with Crippen molar-refractivity contribution in [2.24, 2.45) is 0 Å². The highest BCUT2D eigenvalue weighted by Crippen LogP contribution is 2.11. The van der Waals surface area contributed by atoms with Crippen molar-refractivity contribution in [1.29, 1.82) is 0 Å². The molecule has 0 aromatic carbocycles. The summed E-state index contributed by atoms with van der Waals surface area (Å²) in [6.07, 6.45) is 2.61. The maximum atomic E-state index is 13.4. The van der Waals surface area contributed by atoms with Crippen LogP contribution in [0.1, 0.15) is 16.8 Å². The minimum atomic E-state index is -3.06. The number of nitrogens with one attached hydrogen (secondary N) is 1. The third kappa shape index (κ3) is 4.28. The van der Waals surface area contributed by atoms with Gasteiger partial charge in [-0.2, -0.15) is 0 Å². The number of rotatable bonds is 5. The van der Waals surface area contributed by atoms with Crippen LogP contribution in [0.2, 0.25) is 0 Å². The lowest BCUT2D eigenvalue weighted by molar-refractivity contribution is 0.0949. The molecule has 0 aliphatic carbocycles. The molecule has 0 aliphatic rings. The van der Waals surface area contributed by atoms with Crippen LogP contribution in [0.5, 0.6) is 0 Å². The van der Waals surface area contributed by atoms with Crippen molar-refractivity contribution < 1.29 is 17.6 Å². The number of carbonyl (C=O) groups excluding carboxylic acids is 1. The van der Waals surface area contributed by atoms with Crippen LogP contribution in [0.3, 0.4) is 0 Å². The summed E-state index contributed by atoms with van der Waals surface area (Å²) in [5.74, 6) is -1.90. The minimum Gasteiger partial charge on any atom is -0.381 e. The zero-order chi connectivity index (χ0) is 13.8. The summed E-state index contributed by atoms with van der Waals surface area (Å²) in [5.41, 5.74) is 5.02. The van der Waals surface area contributed by atoms with E-state index in [1.54, 1.807) is 0 Å². The number of hydrogen-bond acceptors (Lipinski definition) is 5. The fourth-order valence-electron chi connectivity index (χ4n) is 1.27. The van der Waals surface area contributed by atoms with Crippen LogP contribution in [0.25, 0.3) is 0 Å². The van der Waals surface area contributed by atoms with E-state index in [4.69, 9.17) is 5.73 Å². The topological polar surface area (TPSA) is 102 Å². The summed E-state index contributed by atoms with van der Waals surface area (Å²) in [6.45, 7) is 0.146. The molecule has 0 saturated carbocycles. The first-order chi connectivity index (χ1) is 8.31. The number of anilines is 1. The van der Waals surface area contributed by atoms with Crippen molar-refractivity contribution in [3.8, 4) is 0 Å². The first kappa shape index (κ1) is 14.4. The number of amides is 1. The van der Waals surface area contributed by atoms with Gasteiger partial charge in [0.2, 0.25) is 0 Å². The number of aromatic nitrogens is 1. The van der Waals surface area contributed by atoms with Crippen LogP contribution in [-0.2, 0) is 9.84 Å². The first-order valence-corrected chi connectivity index (χ1v) is 7.23. The summed E-state index contributed by atoms with van der Waals surface area (Å²) in [7, 11) is -3.06. The van der Waals surface area contributed by atoms with Gasteiger partial charge in [0.05, 0.1) is 11.3 Å². The Bertz CT molecular complexity index is 545. The van der Waals surface area contributed by atoms with E-state index in [9.17, 15) is 17.6 Å². The van der Waals surface area contributed by atoms with Gasteiger partial charge >= 0.3 is 0 Å². The highest BCUT2D eigenvalue weighted by molar-refractivity contribution is 7.90. The Morgan fingerprint density at radius 1 is 1.56 bits per heavy atom. The lowest BCUT2D eigenvalue weighted by Gasteiger charge is -2.06. The molecule has 0 spiro atoms. The largest absolute Gasteiger partial charge is 0.381 e. The number of halogens is 1. The standard InChI is InChI=1S/C10H14FN3O3S/c1-18(16,17)6-2-4-14-10(15)7-3-5-13-9(12)8(7)11/h3,5H,2,4,6H2,1H3,(H2,12,13)(H,14,15). The lowest BCUT2D eigenvalue weighted by atomic mass is 10.2. The predicted molar refractivity (Wildman–Crippen MR) is 65.3 cm³/mol. The van der Waals surface area contributed by atoms with Crippen LogP contribution in [-0.4, -0.2) is 37.9 Å². The van der Waals surface area contributed by atoms with Crippen LogP contribution in [0, 0.1) is 5.82 Å². The van der Waals surface area contributed by atoms with E-state index in [-0.39, 0.29) is 30.1 Å². The molecule has 6 nitrogen and oxygen atoms in total. The van der Waals surface area contributed by atoms with Gasteiger partial charge < -0.3 is 11.1 Å². The average molecular weight is 275 g/mol. The molecule has 1 aromatic heterocycles. The van der Waals surface area contributed by atoms with Crippen molar-refractivity contribution in [1.82, 2.24) is 10.3 Å². The maximum absolute atomic E-state index is 13.4. The number of nitrogen functional groups attached to an aromatic ring is 1. The van der Waals surface area contributed by atoms with Crippen LogP contribution >= 0.6 is 0 Å². The molecule has 8 heteroatoms. The molecule has 0 aliphatic heterocycles. The van der Waals surface area contributed by atoms with Crippen molar-refractivity contribution >= 4 is 21.6 Å². The van der Waals surface area contributed by atoms with Gasteiger partial charge in [0, 0.05) is 19.0 Å². The average Bonchev–Trinajstić information content (AvgIpc) is 2.26. The summed E-state index contributed by atoms with van der Waals surface area (Å²) < 4.78 is 35.1. The molecule has 0 radical (unpaired) electrons. The molecule has 0 fully saturated rings. The van der Waals surface area contributed by atoms with Crippen LogP contribution in [0.4, 0.5) is 10.2 Å². The molecular formula is C10H14FN3O3S. The highest BCUT2D eigenvalue weighted by Gasteiger charge is 2.14. The number of nitrogens with zero attached hydrogens (tertiary/aromatic N) is 1. The molecule has 0 bridgehead atoms. The minimum absolute atomic E-state index is 0.0335. The highest BCUT2D eigenvalue weighted by atomic mass is 32.2. The van der Waals surface area contributed by atoms with Gasteiger partial charge in [-0.3, -0.25) is 4.79 Å². The Balaban J connectivity index is 2.54. The molecule has 1 rings (SSSR count). The molecular weight excluding hydrogens is 261 g/mol. The monoisotopic (exact) mass is 275 g/mol. The van der Waals surface area contributed by atoms with E-state index < -0.39 is 21.6 Å². The normalized spacial score (nSPS) is 11.2. The number of carbonyl (C=O) groups is 1. The maximum Gasteiger partial charge on any atom is 0.254 e. The van der Waals surface area contributed by atoms with Crippen molar-refractivity contribution in [3.63, 3.8) is 0 Å². The van der Waals surface area contributed by atoms with Gasteiger partial charge in [-0.1, -0.05) is 0 Å². The van der Waals surface area contributed by atoms with Gasteiger partial charge in [0.25, 0.3) is 5.91 Å². The predicted octanol–water partition coefficient (Wildman–Crippen LogP) is -0.0326. The SMILES string of the molecule is CS(=O)(=O)CCCNC(=O)c1ccnc(N)c1F. The Morgan fingerprint density at radius 2 is 2.22 bits per heavy atom. The fourth-order valence-corrected chi connectivity index (χ4v) is 1.94. The van der Waals surface area contributed by atoms with E-state index in [2.05, 4.69) is 10.3 Å². The molecule has 0 unspecified atom stereocenters. The van der Waals surface area contributed by atoms with Crippen molar-refractivity contribution in [2.45, 2.75) is 6.42 Å². The van der Waals surface area contributed by atoms with Gasteiger partial charge in [0.15, 0.2) is 11.6 Å². The second-order valence-electron chi connectivity index (χ2n) is 3.80. The third-order valence-corrected chi connectivity index (χ3v) is 3.17. The smallest absolute Gasteiger partial charge is 0.254 e. The third-order valence-electron chi connectivity index (χ3n) is 2.14. The quantitative estimate of drug-likeness (QED) is 0.734. The molecule has 100 valence electrons. The Morgan fingerprint density at radius 3 is 2.83 bits per heavy atom. The summed E-state index contributed by atoms with van der Waals surface area (Å²) in [5, 5.41) is 2.41. The Labute approximate surface area is 104 Å². The second kappa shape index (κ2) is 5.76. The van der Waals surface area contributed by atoms with Crippen LogP contribution < -0.4 is 11.1 Å². The Hall–Kier alpha value is -1.70. The molecule has 3 N–H and O–H groups in total. The van der Waals surface area contributed by atoms with Crippen molar-refractivity contribution in [3.05, 3.63) is 23.6 Å². The zero-order valence-corrected chi connectivity index (χ0v) is 10.6. The fraction of sp³-hybridized carbons (Fsp3) is 0.400. The van der Waals surface area contributed by atoms with Gasteiger partial charge in [-0.25, -0.2) is 17.8 Å². The van der Waals surface area contributed by atoms with E-state index in [1.165, 1.54) is 12.3 Å². The van der Waals surface area contributed by atoms with Crippen molar-refractivity contribution in [2.75, 3.05) is 24.3 Å². The molecule has 0 saturated heterocycles. The second-order valence-corrected chi connectivity index (χ2v) is 6.06. The zero-order valence-electron chi connectivity index (χ0n) is 9.81. The first-order valence-electron chi connectivity index (χ1n) is 5.17. The number of pyridine rings is 1. The van der Waals surface area contributed by atoms with E-state index in [0.29, 0.717) is 0 Å². The molecule has 1 aromatic rings. The molecule has 1 heterocycles.